The second kappa shape index (κ2) is 6.66. The van der Waals surface area contributed by atoms with Crippen LogP contribution in [-0.4, -0.2) is 46.5 Å². The molecule has 1 fully saturated rings. The molecular weight excluding hydrogens is 324 g/mol. The van der Waals surface area contributed by atoms with Crippen LogP contribution < -0.4 is 4.72 Å². The molecular formula is C14H22N2O4S2. The average Bonchev–Trinajstić information content (AvgIpc) is 2.43. The summed E-state index contributed by atoms with van der Waals surface area (Å²) in [4.78, 5) is 0.206. The maximum Gasteiger partial charge on any atom is 0.240 e. The molecule has 0 atom stereocenters. The van der Waals surface area contributed by atoms with Crippen LogP contribution in [0, 0.1) is 13.8 Å². The van der Waals surface area contributed by atoms with Crippen molar-refractivity contribution in [2.24, 2.45) is 0 Å². The predicted octanol–water partition coefficient (Wildman–Crippen LogP) is 1.01. The van der Waals surface area contributed by atoms with Crippen LogP contribution in [-0.2, 0) is 20.0 Å². The van der Waals surface area contributed by atoms with Gasteiger partial charge < -0.3 is 0 Å². The first kappa shape index (κ1) is 17.4. The largest absolute Gasteiger partial charge is 0.240 e. The Morgan fingerprint density at radius 3 is 2.55 bits per heavy atom. The lowest BCUT2D eigenvalue weighted by Crippen LogP contribution is -2.42. The van der Waals surface area contributed by atoms with Gasteiger partial charge in [0.1, 0.15) is 0 Å². The Morgan fingerprint density at radius 2 is 1.91 bits per heavy atom. The summed E-state index contributed by atoms with van der Waals surface area (Å²) in [5, 5.41) is 0. The molecule has 1 aliphatic heterocycles. The maximum absolute atomic E-state index is 12.2. The molecule has 0 amide bonds. The quantitative estimate of drug-likeness (QED) is 0.862. The third-order valence-electron chi connectivity index (χ3n) is 3.90. The molecule has 1 aliphatic rings. The minimum Gasteiger partial charge on any atom is -0.212 e. The Hall–Kier alpha value is -0.960. The van der Waals surface area contributed by atoms with Gasteiger partial charge in [-0.1, -0.05) is 6.07 Å². The third-order valence-corrected chi connectivity index (χ3v) is 7.31. The highest BCUT2D eigenvalue weighted by molar-refractivity contribution is 7.89. The SMILES string of the molecule is Cc1ccc(S(=O)(=O)NCCN2CCCCS2(=O)=O)cc1C. The van der Waals surface area contributed by atoms with Crippen molar-refractivity contribution in [1.29, 1.82) is 0 Å². The average molecular weight is 346 g/mol. The number of hydrogen-bond acceptors (Lipinski definition) is 4. The molecule has 1 heterocycles. The van der Waals surface area contributed by atoms with Gasteiger partial charge >= 0.3 is 0 Å². The molecule has 0 aliphatic carbocycles. The highest BCUT2D eigenvalue weighted by atomic mass is 32.2. The zero-order valence-corrected chi connectivity index (χ0v) is 14.5. The minimum absolute atomic E-state index is 0.0779. The van der Waals surface area contributed by atoms with E-state index in [1.807, 2.05) is 13.8 Å². The van der Waals surface area contributed by atoms with Gasteiger partial charge in [0.25, 0.3) is 0 Å². The van der Waals surface area contributed by atoms with Crippen LogP contribution in [0.2, 0.25) is 0 Å². The molecule has 1 aromatic rings. The Morgan fingerprint density at radius 1 is 1.18 bits per heavy atom. The van der Waals surface area contributed by atoms with Crippen LogP contribution in [0.25, 0.3) is 0 Å². The molecule has 1 N–H and O–H groups in total. The molecule has 0 aromatic heterocycles. The first-order valence-corrected chi connectivity index (χ1v) is 10.4. The highest BCUT2D eigenvalue weighted by Gasteiger charge is 2.25. The van der Waals surface area contributed by atoms with Gasteiger partial charge in [-0.2, -0.15) is 0 Å². The molecule has 0 radical (unpaired) electrons. The van der Waals surface area contributed by atoms with E-state index in [1.165, 1.54) is 4.31 Å². The summed E-state index contributed by atoms with van der Waals surface area (Å²) < 4.78 is 51.9. The third kappa shape index (κ3) is 4.07. The van der Waals surface area contributed by atoms with Crippen LogP contribution in [0.4, 0.5) is 0 Å². The van der Waals surface area contributed by atoms with Crippen molar-refractivity contribution in [1.82, 2.24) is 9.03 Å². The summed E-state index contributed by atoms with van der Waals surface area (Å²) in [5.74, 6) is 0.150. The van der Waals surface area contributed by atoms with Gasteiger partial charge in [-0.3, -0.25) is 0 Å². The zero-order chi connectivity index (χ0) is 16.4. The van der Waals surface area contributed by atoms with Gasteiger partial charge in [-0.15, -0.1) is 0 Å². The summed E-state index contributed by atoms with van der Waals surface area (Å²) in [6, 6.07) is 4.94. The molecule has 6 nitrogen and oxygen atoms in total. The van der Waals surface area contributed by atoms with Gasteiger partial charge in [0, 0.05) is 19.6 Å². The molecule has 2 rings (SSSR count). The molecule has 0 bridgehead atoms. The monoisotopic (exact) mass is 346 g/mol. The summed E-state index contributed by atoms with van der Waals surface area (Å²) in [7, 11) is -6.83. The van der Waals surface area contributed by atoms with E-state index < -0.39 is 20.0 Å². The Bertz CT molecular complexity index is 742. The van der Waals surface area contributed by atoms with Crippen molar-refractivity contribution in [2.45, 2.75) is 31.6 Å². The number of benzene rings is 1. The second-order valence-electron chi connectivity index (χ2n) is 5.57. The van der Waals surface area contributed by atoms with Gasteiger partial charge in [-0.05, 0) is 49.9 Å². The summed E-state index contributed by atoms with van der Waals surface area (Å²) in [6.45, 7) is 4.49. The van der Waals surface area contributed by atoms with E-state index in [4.69, 9.17) is 0 Å². The molecule has 0 saturated carbocycles. The first-order chi connectivity index (χ1) is 10.2. The van der Waals surface area contributed by atoms with Crippen molar-refractivity contribution >= 4 is 20.0 Å². The Balaban J connectivity index is 1.99. The van der Waals surface area contributed by atoms with E-state index in [2.05, 4.69) is 4.72 Å². The highest BCUT2D eigenvalue weighted by Crippen LogP contribution is 2.15. The van der Waals surface area contributed by atoms with Crippen molar-refractivity contribution in [2.75, 3.05) is 25.4 Å². The predicted molar refractivity (Wildman–Crippen MR) is 85.7 cm³/mol. The first-order valence-electron chi connectivity index (χ1n) is 7.27. The van der Waals surface area contributed by atoms with Gasteiger partial charge in [0.2, 0.25) is 20.0 Å². The number of rotatable bonds is 5. The van der Waals surface area contributed by atoms with Gasteiger partial charge in [0.05, 0.1) is 10.6 Å². The summed E-state index contributed by atoms with van der Waals surface area (Å²) in [6.07, 6.45) is 1.50. The summed E-state index contributed by atoms with van der Waals surface area (Å²) in [5.41, 5.74) is 1.93. The van der Waals surface area contributed by atoms with E-state index in [0.29, 0.717) is 13.0 Å². The maximum atomic E-state index is 12.2. The molecule has 1 aromatic carbocycles. The normalized spacial score (nSPS) is 19.2. The van der Waals surface area contributed by atoms with E-state index >= 15 is 0 Å². The smallest absolute Gasteiger partial charge is 0.212 e. The summed E-state index contributed by atoms with van der Waals surface area (Å²) >= 11 is 0. The lowest BCUT2D eigenvalue weighted by Gasteiger charge is -2.26. The van der Waals surface area contributed by atoms with Crippen LogP contribution >= 0.6 is 0 Å². The standard InChI is InChI=1S/C14H22N2O4S2/c1-12-5-6-14(11-13(12)2)22(19,20)15-7-9-16-8-3-4-10-21(16,17)18/h5-6,11,15H,3-4,7-10H2,1-2H3. The van der Waals surface area contributed by atoms with E-state index in [0.717, 1.165) is 17.5 Å². The fourth-order valence-electron chi connectivity index (χ4n) is 2.36. The lowest BCUT2D eigenvalue weighted by atomic mass is 10.1. The molecule has 0 spiro atoms. The van der Waals surface area contributed by atoms with Crippen molar-refractivity contribution in [3.63, 3.8) is 0 Å². The van der Waals surface area contributed by atoms with Crippen LogP contribution in [0.5, 0.6) is 0 Å². The molecule has 1 saturated heterocycles. The number of aryl methyl sites for hydroxylation is 2. The van der Waals surface area contributed by atoms with Crippen LogP contribution in [0.3, 0.4) is 0 Å². The van der Waals surface area contributed by atoms with Crippen molar-refractivity contribution in [3.05, 3.63) is 29.3 Å². The second-order valence-corrected chi connectivity index (χ2v) is 9.42. The lowest BCUT2D eigenvalue weighted by molar-refractivity contribution is 0.386. The fraction of sp³-hybridized carbons (Fsp3) is 0.571. The molecule has 0 unspecified atom stereocenters. The zero-order valence-electron chi connectivity index (χ0n) is 12.9. The molecule has 22 heavy (non-hydrogen) atoms. The number of hydrogen-bond donors (Lipinski definition) is 1. The molecule has 8 heteroatoms. The Labute approximate surface area is 132 Å². The number of sulfonamides is 2. The topological polar surface area (TPSA) is 83.6 Å². The van der Waals surface area contributed by atoms with Gasteiger partial charge in [0.15, 0.2) is 0 Å². The van der Waals surface area contributed by atoms with E-state index in [9.17, 15) is 16.8 Å². The van der Waals surface area contributed by atoms with Crippen LogP contribution in [0.1, 0.15) is 24.0 Å². The van der Waals surface area contributed by atoms with Crippen LogP contribution in [0.15, 0.2) is 23.1 Å². The van der Waals surface area contributed by atoms with E-state index in [-0.39, 0.29) is 23.7 Å². The van der Waals surface area contributed by atoms with Gasteiger partial charge in [-0.25, -0.2) is 25.9 Å². The fourth-order valence-corrected chi connectivity index (χ4v) is 5.07. The van der Waals surface area contributed by atoms with Crippen molar-refractivity contribution in [3.8, 4) is 0 Å². The number of nitrogens with zero attached hydrogens (tertiary/aromatic N) is 1. The molecule has 124 valence electrons. The number of nitrogens with one attached hydrogen (secondary N) is 1. The van der Waals surface area contributed by atoms with Crippen molar-refractivity contribution < 1.29 is 16.8 Å². The Kier molecular flexibility index (Phi) is 5.26. The van der Waals surface area contributed by atoms with E-state index in [1.54, 1.807) is 18.2 Å². The minimum atomic E-state index is -3.61.